The number of rotatable bonds is 4. The van der Waals surface area contributed by atoms with Crippen LogP contribution in [0, 0.1) is 0 Å². The van der Waals surface area contributed by atoms with Crippen molar-refractivity contribution in [1.29, 1.82) is 0 Å². The molecule has 20 heavy (non-hydrogen) atoms. The fourth-order valence-corrected chi connectivity index (χ4v) is 2.82. The average Bonchev–Trinajstić information content (AvgIpc) is 2.45. The molecule has 1 aromatic carbocycles. The van der Waals surface area contributed by atoms with Gasteiger partial charge in [-0.3, -0.25) is 4.79 Å². The summed E-state index contributed by atoms with van der Waals surface area (Å²) in [5.74, 6) is -0.000187. The Kier molecular flexibility index (Phi) is 5.43. The molecule has 0 aliphatic carbocycles. The first-order chi connectivity index (χ1) is 9.61. The summed E-state index contributed by atoms with van der Waals surface area (Å²) >= 11 is 3.35. The maximum absolute atomic E-state index is 12.5. The number of nitrogen functional groups attached to an aromatic ring is 1. The number of carbonyl (C=O) groups is 1. The summed E-state index contributed by atoms with van der Waals surface area (Å²) in [6.07, 6.45) is 3.17. The van der Waals surface area contributed by atoms with Crippen LogP contribution in [0.4, 0.5) is 5.69 Å². The summed E-state index contributed by atoms with van der Waals surface area (Å²) in [6, 6.07) is 5.39. The highest BCUT2D eigenvalue weighted by Crippen LogP contribution is 2.22. The van der Waals surface area contributed by atoms with Gasteiger partial charge in [0.05, 0.1) is 11.7 Å². The van der Waals surface area contributed by atoms with E-state index in [9.17, 15) is 4.79 Å². The van der Waals surface area contributed by atoms with E-state index < -0.39 is 0 Å². The molecule has 0 bridgehead atoms. The molecule has 1 amide bonds. The van der Waals surface area contributed by atoms with E-state index in [0.29, 0.717) is 17.8 Å². The monoisotopic (exact) mass is 340 g/mol. The minimum Gasteiger partial charge on any atom is -0.398 e. The Morgan fingerprint density at radius 2 is 2.35 bits per heavy atom. The van der Waals surface area contributed by atoms with E-state index in [1.807, 2.05) is 11.0 Å². The summed E-state index contributed by atoms with van der Waals surface area (Å²) in [6.45, 7) is 4.29. The van der Waals surface area contributed by atoms with Gasteiger partial charge in [0.2, 0.25) is 0 Å². The number of halogens is 1. The zero-order valence-electron chi connectivity index (χ0n) is 11.8. The number of hydrogen-bond donors (Lipinski definition) is 1. The molecule has 4 nitrogen and oxygen atoms in total. The van der Waals surface area contributed by atoms with Crippen LogP contribution >= 0.6 is 15.9 Å². The smallest absolute Gasteiger partial charge is 0.256 e. The average molecular weight is 341 g/mol. The van der Waals surface area contributed by atoms with Gasteiger partial charge in [-0.25, -0.2) is 0 Å². The van der Waals surface area contributed by atoms with Crippen molar-refractivity contribution in [2.75, 3.05) is 25.4 Å². The quantitative estimate of drug-likeness (QED) is 0.857. The molecule has 1 saturated heterocycles. The Morgan fingerprint density at radius 3 is 3.05 bits per heavy atom. The number of likely N-dealkylation sites (tertiary alicyclic amines) is 1. The predicted molar refractivity (Wildman–Crippen MR) is 83.7 cm³/mol. The van der Waals surface area contributed by atoms with Crippen molar-refractivity contribution in [3.63, 3.8) is 0 Å². The number of amides is 1. The highest BCUT2D eigenvalue weighted by Gasteiger charge is 2.25. The third-order valence-corrected chi connectivity index (χ3v) is 3.96. The van der Waals surface area contributed by atoms with Gasteiger partial charge >= 0.3 is 0 Å². The lowest BCUT2D eigenvalue weighted by atomic mass is 10.1. The molecule has 110 valence electrons. The molecule has 1 aromatic rings. The standard InChI is InChI=1S/C15H21BrN2O2/c1-2-8-20-12-4-3-7-18(10-12)15(19)13-6-5-11(16)9-14(13)17/h5-6,9,12H,2-4,7-8,10,17H2,1H3. The van der Waals surface area contributed by atoms with Crippen LogP contribution in [0.5, 0.6) is 0 Å². The van der Waals surface area contributed by atoms with Crippen molar-refractivity contribution in [3.05, 3.63) is 28.2 Å². The number of nitrogens with zero attached hydrogens (tertiary/aromatic N) is 1. The topological polar surface area (TPSA) is 55.6 Å². The summed E-state index contributed by atoms with van der Waals surface area (Å²) in [5.41, 5.74) is 7.02. The SMILES string of the molecule is CCCOC1CCCN(C(=O)c2ccc(Br)cc2N)C1. The van der Waals surface area contributed by atoms with Gasteiger partial charge in [0.1, 0.15) is 0 Å². The Hall–Kier alpha value is -1.07. The molecule has 0 radical (unpaired) electrons. The molecular formula is C15H21BrN2O2. The zero-order chi connectivity index (χ0) is 14.5. The van der Waals surface area contributed by atoms with Gasteiger partial charge in [0.25, 0.3) is 5.91 Å². The second-order valence-electron chi connectivity index (χ2n) is 5.12. The lowest BCUT2D eigenvalue weighted by molar-refractivity contribution is 0.00214. The van der Waals surface area contributed by atoms with Gasteiger partial charge in [-0.2, -0.15) is 0 Å². The third kappa shape index (κ3) is 3.73. The molecule has 5 heteroatoms. The van der Waals surface area contributed by atoms with Crippen LogP contribution in [-0.2, 0) is 4.74 Å². The van der Waals surface area contributed by atoms with Crippen LogP contribution < -0.4 is 5.73 Å². The molecule has 1 aliphatic rings. The number of anilines is 1. The molecule has 1 atom stereocenters. The van der Waals surface area contributed by atoms with E-state index in [0.717, 1.165) is 36.9 Å². The summed E-state index contributed by atoms with van der Waals surface area (Å²) in [5, 5.41) is 0. The van der Waals surface area contributed by atoms with Crippen molar-refractivity contribution in [3.8, 4) is 0 Å². The fourth-order valence-electron chi connectivity index (χ4n) is 2.44. The number of nitrogens with two attached hydrogens (primary N) is 1. The molecular weight excluding hydrogens is 320 g/mol. The van der Waals surface area contributed by atoms with Crippen LogP contribution in [0.3, 0.4) is 0 Å². The van der Waals surface area contributed by atoms with E-state index in [1.54, 1.807) is 12.1 Å². The minimum absolute atomic E-state index is 0.000187. The van der Waals surface area contributed by atoms with E-state index >= 15 is 0 Å². The van der Waals surface area contributed by atoms with Crippen molar-refractivity contribution in [2.45, 2.75) is 32.3 Å². The van der Waals surface area contributed by atoms with Gasteiger partial charge in [-0.05, 0) is 37.5 Å². The molecule has 1 aliphatic heterocycles. The van der Waals surface area contributed by atoms with Gasteiger partial charge < -0.3 is 15.4 Å². The maximum atomic E-state index is 12.5. The normalized spacial score (nSPS) is 19.1. The lowest BCUT2D eigenvalue weighted by Crippen LogP contribution is -2.43. The molecule has 1 heterocycles. The first-order valence-electron chi connectivity index (χ1n) is 7.07. The van der Waals surface area contributed by atoms with Crippen LogP contribution in [0.25, 0.3) is 0 Å². The van der Waals surface area contributed by atoms with Crippen LogP contribution in [0.2, 0.25) is 0 Å². The molecule has 1 unspecified atom stereocenters. The Balaban J connectivity index is 2.04. The Morgan fingerprint density at radius 1 is 1.55 bits per heavy atom. The van der Waals surface area contributed by atoms with Gasteiger partial charge in [-0.1, -0.05) is 22.9 Å². The highest BCUT2D eigenvalue weighted by atomic mass is 79.9. The van der Waals surface area contributed by atoms with Gasteiger partial charge in [-0.15, -0.1) is 0 Å². The summed E-state index contributed by atoms with van der Waals surface area (Å²) < 4.78 is 6.65. The van der Waals surface area contributed by atoms with E-state index in [4.69, 9.17) is 10.5 Å². The molecule has 0 aromatic heterocycles. The molecule has 2 rings (SSSR count). The van der Waals surface area contributed by atoms with Gasteiger partial charge in [0, 0.05) is 29.9 Å². The second kappa shape index (κ2) is 7.09. The third-order valence-electron chi connectivity index (χ3n) is 3.47. The van der Waals surface area contributed by atoms with E-state index in [1.165, 1.54) is 0 Å². The van der Waals surface area contributed by atoms with E-state index in [-0.39, 0.29) is 12.0 Å². The van der Waals surface area contributed by atoms with E-state index in [2.05, 4.69) is 22.9 Å². The van der Waals surface area contributed by atoms with Crippen molar-refractivity contribution in [1.82, 2.24) is 4.90 Å². The summed E-state index contributed by atoms with van der Waals surface area (Å²) in [4.78, 5) is 14.4. The second-order valence-corrected chi connectivity index (χ2v) is 6.03. The number of ether oxygens (including phenoxy) is 1. The predicted octanol–water partition coefficient (Wildman–Crippen LogP) is 3.06. The van der Waals surface area contributed by atoms with Gasteiger partial charge in [0.15, 0.2) is 0 Å². The molecule has 0 spiro atoms. The Labute approximate surface area is 128 Å². The number of benzene rings is 1. The largest absolute Gasteiger partial charge is 0.398 e. The van der Waals surface area contributed by atoms with Crippen molar-refractivity contribution < 1.29 is 9.53 Å². The van der Waals surface area contributed by atoms with Crippen LogP contribution in [0.15, 0.2) is 22.7 Å². The lowest BCUT2D eigenvalue weighted by Gasteiger charge is -2.33. The summed E-state index contributed by atoms with van der Waals surface area (Å²) in [7, 11) is 0. The number of hydrogen-bond acceptors (Lipinski definition) is 3. The van der Waals surface area contributed by atoms with Crippen molar-refractivity contribution in [2.24, 2.45) is 0 Å². The highest BCUT2D eigenvalue weighted by molar-refractivity contribution is 9.10. The zero-order valence-corrected chi connectivity index (χ0v) is 13.4. The van der Waals surface area contributed by atoms with Crippen LogP contribution in [-0.4, -0.2) is 36.6 Å². The first-order valence-corrected chi connectivity index (χ1v) is 7.87. The molecule has 0 saturated carbocycles. The first kappa shape index (κ1) is 15.3. The fraction of sp³-hybridized carbons (Fsp3) is 0.533. The molecule has 1 fully saturated rings. The minimum atomic E-state index is -0.000187. The number of piperidine rings is 1. The number of carbonyl (C=O) groups excluding carboxylic acids is 1. The van der Waals surface area contributed by atoms with Crippen molar-refractivity contribution >= 4 is 27.5 Å². The molecule has 2 N–H and O–H groups in total. The Bertz CT molecular complexity index is 479. The van der Waals surface area contributed by atoms with Crippen LogP contribution in [0.1, 0.15) is 36.5 Å². The maximum Gasteiger partial charge on any atom is 0.256 e.